The third-order valence-corrected chi connectivity index (χ3v) is 2.35. The molecule has 0 N–H and O–H groups in total. The lowest BCUT2D eigenvalue weighted by Gasteiger charge is -2.05. The van der Waals surface area contributed by atoms with Crippen LogP contribution in [-0.4, -0.2) is 9.97 Å². The van der Waals surface area contributed by atoms with E-state index in [2.05, 4.69) is 46.7 Å². The van der Waals surface area contributed by atoms with E-state index in [-0.39, 0.29) is 0 Å². The largest absolute Gasteiger partial charge is 0.240 e. The summed E-state index contributed by atoms with van der Waals surface area (Å²) in [5.74, 6) is 1.33. The molecule has 0 unspecified atom stereocenters. The van der Waals surface area contributed by atoms with Gasteiger partial charge in [-0.05, 0) is 22.4 Å². The highest BCUT2D eigenvalue weighted by Crippen LogP contribution is 2.16. The number of hydrogen-bond donors (Lipinski definition) is 0. The highest BCUT2D eigenvalue weighted by Gasteiger charge is 2.05. The molecule has 0 aliphatic heterocycles. The normalized spacial score (nSPS) is 10.8. The smallest absolute Gasteiger partial charge is 0.131 e. The molecule has 2 nitrogen and oxygen atoms in total. The lowest BCUT2D eigenvalue weighted by atomic mass is 10.2. The van der Waals surface area contributed by atoms with Crippen LogP contribution in [0.4, 0.5) is 0 Å². The standard InChI is InChI=1S/C9H13BrN2/c1-4-8-7(10)5-11-9(12-8)6(2)3/h5-6H,4H2,1-3H3. The number of aromatic nitrogens is 2. The lowest BCUT2D eigenvalue weighted by molar-refractivity contribution is 0.755. The molecule has 1 heterocycles. The molecule has 0 fully saturated rings. The maximum Gasteiger partial charge on any atom is 0.131 e. The van der Waals surface area contributed by atoms with Gasteiger partial charge in [0.2, 0.25) is 0 Å². The minimum Gasteiger partial charge on any atom is -0.240 e. The third kappa shape index (κ3) is 2.03. The zero-order valence-corrected chi connectivity index (χ0v) is 9.22. The summed E-state index contributed by atoms with van der Waals surface area (Å²) in [5, 5.41) is 0. The van der Waals surface area contributed by atoms with Crippen molar-refractivity contribution in [2.45, 2.75) is 33.1 Å². The van der Waals surface area contributed by atoms with Crippen molar-refractivity contribution in [2.75, 3.05) is 0 Å². The van der Waals surface area contributed by atoms with E-state index >= 15 is 0 Å². The zero-order valence-electron chi connectivity index (χ0n) is 7.63. The van der Waals surface area contributed by atoms with Crippen LogP contribution in [0.15, 0.2) is 10.7 Å². The van der Waals surface area contributed by atoms with Gasteiger partial charge in [-0.1, -0.05) is 20.8 Å². The molecule has 0 saturated heterocycles. The van der Waals surface area contributed by atoms with Crippen molar-refractivity contribution in [1.29, 1.82) is 0 Å². The Morgan fingerprint density at radius 3 is 2.67 bits per heavy atom. The summed E-state index contributed by atoms with van der Waals surface area (Å²) >= 11 is 3.41. The summed E-state index contributed by atoms with van der Waals surface area (Å²) in [6.07, 6.45) is 2.78. The topological polar surface area (TPSA) is 25.8 Å². The Bertz CT molecular complexity index is 271. The summed E-state index contributed by atoms with van der Waals surface area (Å²) in [6, 6.07) is 0. The Labute approximate surface area is 81.6 Å². The maximum atomic E-state index is 4.43. The molecule has 0 amide bonds. The first-order valence-electron chi connectivity index (χ1n) is 4.16. The van der Waals surface area contributed by atoms with Crippen molar-refractivity contribution in [1.82, 2.24) is 9.97 Å². The molecule has 1 rings (SSSR count). The second-order valence-corrected chi connectivity index (χ2v) is 3.89. The van der Waals surface area contributed by atoms with Crippen LogP contribution in [0.1, 0.15) is 38.2 Å². The lowest BCUT2D eigenvalue weighted by Crippen LogP contribution is -2.00. The van der Waals surface area contributed by atoms with E-state index in [9.17, 15) is 0 Å². The predicted molar refractivity (Wildman–Crippen MR) is 53.2 cm³/mol. The Morgan fingerprint density at radius 2 is 2.17 bits per heavy atom. The van der Waals surface area contributed by atoms with Crippen LogP contribution in [0.3, 0.4) is 0 Å². The van der Waals surface area contributed by atoms with Crippen LogP contribution in [0.25, 0.3) is 0 Å². The molecule has 1 aromatic rings. The summed E-state index contributed by atoms with van der Waals surface area (Å²) in [7, 11) is 0. The highest BCUT2D eigenvalue weighted by atomic mass is 79.9. The van der Waals surface area contributed by atoms with Crippen LogP contribution in [0.2, 0.25) is 0 Å². The average molecular weight is 229 g/mol. The van der Waals surface area contributed by atoms with Gasteiger partial charge in [-0.3, -0.25) is 0 Å². The van der Waals surface area contributed by atoms with E-state index in [1.165, 1.54) is 0 Å². The molecule has 0 radical (unpaired) electrons. The Hall–Kier alpha value is -0.440. The first-order valence-corrected chi connectivity index (χ1v) is 4.95. The van der Waals surface area contributed by atoms with Crippen molar-refractivity contribution in [3.8, 4) is 0 Å². The molecular weight excluding hydrogens is 216 g/mol. The van der Waals surface area contributed by atoms with E-state index in [1.807, 2.05) is 6.20 Å². The molecule has 0 aliphatic rings. The number of hydrogen-bond acceptors (Lipinski definition) is 2. The fourth-order valence-electron chi connectivity index (χ4n) is 0.944. The molecule has 3 heteroatoms. The maximum absolute atomic E-state index is 4.43. The minimum atomic E-state index is 0.406. The summed E-state index contributed by atoms with van der Waals surface area (Å²) in [6.45, 7) is 6.29. The summed E-state index contributed by atoms with van der Waals surface area (Å²) < 4.78 is 1.01. The van der Waals surface area contributed by atoms with Gasteiger partial charge in [0.15, 0.2) is 0 Å². The first kappa shape index (κ1) is 9.65. The Balaban J connectivity index is 3.05. The van der Waals surface area contributed by atoms with E-state index in [0.29, 0.717) is 5.92 Å². The molecule has 0 saturated carbocycles. The predicted octanol–water partition coefficient (Wildman–Crippen LogP) is 2.92. The van der Waals surface area contributed by atoms with Crippen LogP contribution in [0.5, 0.6) is 0 Å². The van der Waals surface area contributed by atoms with Crippen molar-refractivity contribution < 1.29 is 0 Å². The number of aryl methyl sites for hydroxylation is 1. The number of nitrogens with zero attached hydrogens (tertiary/aromatic N) is 2. The van der Waals surface area contributed by atoms with Crippen LogP contribution < -0.4 is 0 Å². The molecule has 0 aromatic carbocycles. The van der Waals surface area contributed by atoms with Crippen LogP contribution in [-0.2, 0) is 6.42 Å². The van der Waals surface area contributed by atoms with Gasteiger partial charge in [-0.15, -0.1) is 0 Å². The Kier molecular flexibility index (Phi) is 3.20. The summed E-state index contributed by atoms with van der Waals surface area (Å²) in [4.78, 5) is 8.66. The molecule has 0 atom stereocenters. The second kappa shape index (κ2) is 3.99. The third-order valence-electron chi connectivity index (χ3n) is 1.69. The molecule has 1 aromatic heterocycles. The van der Waals surface area contributed by atoms with Crippen LogP contribution in [0, 0.1) is 0 Å². The van der Waals surface area contributed by atoms with Gasteiger partial charge in [-0.2, -0.15) is 0 Å². The van der Waals surface area contributed by atoms with E-state index in [1.54, 1.807) is 0 Å². The summed E-state index contributed by atoms with van der Waals surface area (Å²) in [5.41, 5.74) is 1.09. The van der Waals surface area contributed by atoms with Gasteiger partial charge < -0.3 is 0 Å². The quantitative estimate of drug-likeness (QED) is 0.779. The minimum absolute atomic E-state index is 0.406. The molecule has 0 bridgehead atoms. The average Bonchev–Trinajstić information content (AvgIpc) is 2.05. The molecular formula is C9H13BrN2. The van der Waals surface area contributed by atoms with Gasteiger partial charge in [0.25, 0.3) is 0 Å². The SMILES string of the molecule is CCc1nc(C(C)C)ncc1Br. The Morgan fingerprint density at radius 1 is 1.50 bits per heavy atom. The van der Waals surface area contributed by atoms with Crippen molar-refractivity contribution in [3.63, 3.8) is 0 Å². The van der Waals surface area contributed by atoms with Gasteiger partial charge in [0.1, 0.15) is 5.82 Å². The molecule has 12 heavy (non-hydrogen) atoms. The van der Waals surface area contributed by atoms with Gasteiger partial charge in [0, 0.05) is 12.1 Å². The van der Waals surface area contributed by atoms with Gasteiger partial charge >= 0.3 is 0 Å². The second-order valence-electron chi connectivity index (χ2n) is 3.03. The number of halogens is 1. The number of rotatable bonds is 2. The fourth-order valence-corrected chi connectivity index (χ4v) is 1.42. The van der Waals surface area contributed by atoms with E-state index in [0.717, 1.165) is 22.4 Å². The monoisotopic (exact) mass is 228 g/mol. The molecule has 0 aliphatic carbocycles. The van der Waals surface area contributed by atoms with E-state index in [4.69, 9.17) is 0 Å². The van der Waals surface area contributed by atoms with Crippen molar-refractivity contribution in [2.24, 2.45) is 0 Å². The van der Waals surface area contributed by atoms with Gasteiger partial charge in [0.05, 0.1) is 10.2 Å². The molecule has 0 spiro atoms. The zero-order chi connectivity index (χ0) is 9.14. The van der Waals surface area contributed by atoms with Crippen LogP contribution >= 0.6 is 15.9 Å². The van der Waals surface area contributed by atoms with Gasteiger partial charge in [-0.25, -0.2) is 9.97 Å². The molecule has 66 valence electrons. The van der Waals surface area contributed by atoms with Crippen molar-refractivity contribution >= 4 is 15.9 Å². The first-order chi connectivity index (χ1) is 5.65. The highest BCUT2D eigenvalue weighted by molar-refractivity contribution is 9.10. The van der Waals surface area contributed by atoms with E-state index < -0.39 is 0 Å². The fraction of sp³-hybridized carbons (Fsp3) is 0.556. The van der Waals surface area contributed by atoms with Crippen molar-refractivity contribution in [3.05, 3.63) is 22.2 Å².